The lowest BCUT2D eigenvalue weighted by molar-refractivity contribution is 0.0844. The van der Waals surface area contributed by atoms with E-state index in [1.807, 2.05) is 0 Å². The van der Waals surface area contributed by atoms with Crippen LogP contribution in [0, 0.1) is 5.92 Å². The Labute approximate surface area is 117 Å². The van der Waals surface area contributed by atoms with Crippen molar-refractivity contribution in [2.75, 3.05) is 26.8 Å². The van der Waals surface area contributed by atoms with Gasteiger partial charge in [0.25, 0.3) is 0 Å². The van der Waals surface area contributed by atoms with Crippen LogP contribution in [0.4, 0.5) is 0 Å². The second kappa shape index (κ2) is 7.01. The molecular formula is C16H26N2O. The van der Waals surface area contributed by atoms with E-state index in [-0.39, 0.29) is 0 Å². The number of hydrogen-bond donors (Lipinski definition) is 0. The van der Waals surface area contributed by atoms with Crippen molar-refractivity contribution >= 4 is 0 Å². The van der Waals surface area contributed by atoms with Gasteiger partial charge in [-0.15, -0.1) is 0 Å². The molecule has 0 aromatic carbocycles. The maximum atomic E-state index is 5.42. The van der Waals surface area contributed by atoms with Crippen molar-refractivity contribution in [3.05, 3.63) is 29.6 Å². The van der Waals surface area contributed by atoms with Crippen LogP contribution in [0.3, 0.4) is 0 Å². The van der Waals surface area contributed by atoms with Gasteiger partial charge in [0.05, 0.1) is 5.69 Å². The van der Waals surface area contributed by atoms with E-state index in [9.17, 15) is 0 Å². The molecule has 0 unspecified atom stereocenters. The lowest BCUT2D eigenvalue weighted by Gasteiger charge is -2.23. The zero-order valence-electron chi connectivity index (χ0n) is 12.4. The van der Waals surface area contributed by atoms with Crippen molar-refractivity contribution in [3.8, 4) is 0 Å². The van der Waals surface area contributed by atoms with E-state index in [0.29, 0.717) is 11.8 Å². The van der Waals surface area contributed by atoms with Crippen LogP contribution < -0.4 is 0 Å². The van der Waals surface area contributed by atoms with Crippen LogP contribution in [-0.2, 0) is 11.3 Å². The first-order chi connectivity index (χ1) is 9.15. The largest absolute Gasteiger partial charge is 0.381 e. The highest BCUT2D eigenvalue weighted by atomic mass is 16.5. The Morgan fingerprint density at radius 2 is 2.05 bits per heavy atom. The third-order valence-corrected chi connectivity index (χ3v) is 3.58. The first-order valence-electron chi connectivity index (χ1n) is 7.37. The molecule has 0 atom stereocenters. The number of hydrogen-bond acceptors (Lipinski definition) is 3. The smallest absolute Gasteiger partial charge is 0.0547 e. The third kappa shape index (κ3) is 4.59. The van der Waals surface area contributed by atoms with Gasteiger partial charge in [-0.2, -0.15) is 0 Å². The van der Waals surface area contributed by atoms with Crippen LogP contribution in [0.15, 0.2) is 18.2 Å². The van der Waals surface area contributed by atoms with Gasteiger partial charge in [-0.25, -0.2) is 0 Å². The van der Waals surface area contributed by atoms with Crippen molar-refractivity contribution in [3.63, 3.8) is 0 Å². The molecule has 0 N–H and O–H groups in total. The van der Waals surface area contributed by atoms with E-state index in [0.717, 1.165) is 39.1 Å². The number of ether oxygens (including phenoxy) is 1. The molecule has 106 valence electrons. The van der Waals surface area contributed by atoms with Crippen molar-refractivity contribution < 1.29 is 4.74 Å². The number of rotatable bonds is 5. The molecule has 0 spiro atoms. The first kappa shape index (κ1) is 14.5. The minimum absolute atomic E-state index is 0.587. The minimum Gasteiger partial charge on any atom is -0.381 e. The van der Waals surface area contributed by atoms with Gasteiger partial charge >= 0.3 is 0 Å². The SMILES string of the molecule is CC(C)CN(C)Cc1cccc(C2CCOCC2)n1. The molecule has 0 bridgehead atoms. The summed E-state index contributed by atoms with van der Waals surface area (Å²) < 4.78 is 5.42. The summed E-state index contributed by atoms with van der Waals surface area (Å²) in [6.07, 6.45) is 2.22. The van der Waals surface area contributed by atoms with Crippen molar-refractivity contribution in [1.29, 1.82) is 0 Å². The molecule has 1 aliphatic heterocycles. The summed E-state index contributed by atoms with van der Waals surface area (Å²) in [5.41, 5.74) is 2.44. The normalized spacial score (nSPS) is 17.3. The van der Waals surface area contributed by atoms with Crippen LogP contribution in [0.5, 0.6) is 0 Å². The summed E-state index contributed by atoms with van der Waals surface area (Å²) in [6, 6.07) is 6.46. The van der Waals surface area contributed by atoms with Gasteiger partial charge in [-0.3, -0.25) is 4.98 Å². The van der Waals surface area contributed by atoms with Crippen LogP contribution in [-0.4, -0.2) is 36.7 Å². The molecule has 1 aromatic rings. The molecule has 1 aliphatic rings. The Balaban J connectivity index is 1.98. The Morgan fingerprint density at radius 1 is 1.32 bits per heavy atom. The molecule has 3 heteroatoms. The summed E-state index contributed by atoms with van der Waals surface area (Å²) in [5, 5.41) is 0. The van der Waals surface area contributed by atoms with E-state index < -0.39 is 0 Å². The average molecular weight is 262 g/mol. The van der Waals surface area contributed by atoms with E-state index in [1.165, 1.54) is 11.4 Å². The minimum atomic E-state index is 0.587. The van der Waals surface area contributed by atoms with E-state index >= 15 is 0 Å². The highest BCUT2D eigenvalue weighted by Crippen LogP contribution is 2.25. The van der Waals surface area contributed by atoms with Gasteiger partial charge in [0.1, 0.15) is 0 Å². The van der Waals surface area contributed by atoms with Crippen molar-refractivity contribution in [1.82, 2.24) is 9.88 Å². The van der Waals surface area contributed by atoms with Crippen LogP contribution in [0.2, 0.25) is 0 Å². The third-order valence-electron chi connectivity index (χ3n) is 3.58. The van der Waals surface area contributed by atoms with Gasteiger partial charge < -0.3 is 9.64 Å². The summed E-state index contributed by atoms with van der Waals surface area (Å²) in [7, 11) is 2.17. The number of pyridine rings is 1. The van der Waals surface area contributed by atoms with Crippen molar-refractivity contribution in [2.24, 2.45) is 5.92 Å². The highest BCUT2D eigenvalue weighted by molar-refractivity contribution is 5.15. The molecule has 0 amide bonds. The molecule has 19 heavy (non-hydrogen) atoms. The molecular weight excluding hydrogens is 236 g/mol. The van der Waals surface area contributed by atoms with Gasteiger partial charge in [-0.05, 0) is 37.9 Å². The fraction of sp³-hybridized carbons (Fsp3) is 0.688. The molecule has 2 heterocycles. The molecule has 0 saturated carbocycles. The standard InChI is InChI=1S/C16H26N2O/c1-13(2)11-18(3)12-15-5-4-6-16(17-15)14-7-9-19-10-8-14/h4-6,13-14H,7-12H2,1-3H3. The molecule has 2 rings (SSSR count). The lowest BCUT2D eigenvalue weighted by Crippen LogP contribution is -2.23. The zero-order chi connectivity index (χ0) is 13.7. The Hall–Kier alpha value is -0.930. The van der Waals surface area contributed by atoms with Gasteiger partial charge in [-0.1, -0.05) is 19.9 Å². The lowest BCUT2D eigenvalue weighted by atomic mass is 9.96. The summed E-state index contributed by atoms with van der Waals surface area (Å²) >= 11 is 0. The van der Waals surface area contributed by atoms with Gasteiger partial charge in [0, 0.05) is 37.9 Å². The van der Waals surface area contributed by atoms with E-state index in [2.05, 4.69) is 44.0 Å². The molecule has 1 aromatic heterocycles. The van der Waals surface area contributed by atoms with E-state index in [1.54, 1.807) is 0 Å². The number of aromatic nitrogens is 1. The summed E-state index contributed by atoms with van der Waals surface area (Å²) in [5.74, 6) is 1.28. The highest BCUT2D eigenvalue weighted by Gasteiger charge is 2.17. The summed E-state index contributed by atoms with van der Waals surface area (Å²) in [4.78, 5) is 7.19. The van der Waals surface area contributed by atoms with Gasteiger partial charge in [0.15, 0.2) is 0 Å². The molecule has 3 nitrogen and oxygen atoms in total. The maximum Gasteiger partial charge on any atom is 0.0547 e. The predicted molar refractivity (Wildman–Crippen MR) is 78.2 cm³/mol. The summed E-state index contributed by atoms with van der Waals surface area (Å²) in [6.45, 7) is 8.32. The first-order valence-corrected chi connectivity index (χ1v) is 7.37. The van der Waals surface area contributed by atoms with Crippen LogP contribution in [0.25, 0.3) is 0 Å². The Morgan fingerprint density at radius 3 is 2.74 bits per heavy atom. The number of nitrogens with zero attached hydrogens (tertiary/aromatic N) is 2. The van der Waals surface area contributed by atoms with Gasteiger partial charge in [0.2, 0.25) is 0 Å². The fourth-order valence-corrected chi connectivity index (χ4v) is 2.77. The van der Waals surface area contributed by atoms with E-state index in [4.69, 9.17) is 9.72 Å². The molecule has 0 radical (unpaired) electrons. The average Bonchev–Trinajstić information content (AvgIpc) is 2.39. The zero-order valence-corrected chi connectivity index (χ0v) is 12.4. The fourth-order valence-electron chi connectivity index (χ4n) is 2.77. The Kier molecular flexibility index (Phi) is 5.34. The second-order valence-corrected chi connectivity index (χ2v) is 6.03. The Bertz CT molecular complexity index is 386. The molecule has 0 aliphatic carbocycles. The molecule has 1 fully saturated rings. The quantitative estimate of drug-likeness (QED) is 0.815. The molecule has 1 saturated heterocycles. The topological polar surface area (TPSA) is 25.4 Å². The monoisotopic (exact) mass is 262 g/mol. The second-order valence-electron chi connectivity index (χ2n) is 6.03. The van der Waals surface area contributed by atoms with Crippen LogP contribution in [0.1, 0.15) is 44.0 Å². The van der Waals surface area contributed by atoms with Crippen molar-refractivity contribution in [2.45, 2.75) is 39.2 Å². The predicted octanol–water partition coefficient (Wildman–Crippen LogP) is 3.06. The van der Waals surface area contributed by atoms with Crippen LogP contribution >= 0.6 is 0 Å². The maximum absolute atomic E-state index is 5.42.